The van der Waals surface area contributed by atoms with Crippen LogP contribution in [0.2, 0.25) is 0 Å². The Bertz CT molecular complexity index is 181. The molecule has 0 radical (unpaired) electrons. The van der Waals surface area contributed by atoms with Crippen molar-refractivity contribution < 1.29 is 19.8 Å². The lowest BCUT2D eigenvalue weighted by atomic mass is 10.1. The molecule has 76 valence electrons. The Morgan fingerprint density at radius 2 is 2.00 bits per heavy atom. The number of nitrogens with one attached hydrogen (secondary N) is 1. The topological polar surface area (TPSA) is 86.6 Å². The fraction of sp³-hybridized carbons (Fsp3) is 0.750. The molecule has 0 heterocycles. The summed E-state index contributed by atoms with van der Waals surface area (Å²) < 4.78 is 0. The molecule has 0 aliphatic rings. The fourth-order valence-corrected chi connectivity index (χ4v) is 0.932. The van der Waals surface area contributed by atoms with Crippen molar-refractivity contribution in [2.45, 2.75) is 32.2 Å². The van der Waals surface area contributed by atoms with E-state index in [2.05, 4.69) is 5.32 Å². The van der Waals surface area contributed by atoms with E-state index in [0.717, 1.165) is 12.8 Å². The van der Waals surface area contributed by atoms with E-state index in [-0.39, 0.29) is 6.54 Å². The number of rotatable bonds is 7. The number of unbranched alkanes of at least 4 members (excludes halogenated alkanes) is 1. The average Bonchev–Trinajstić information content (AvgIpc) is 2.03. The molecule has 1 unspecified atom stereocenters. The van der Waals surface area contributed by atoms with Crippen LogP contribution in [0.15, 0.2) is 0 Å². The predicted molar refractivity (Wildman–Crippen MR) is 46.6 cm³/mol. The van der Waals surface area contributed by atoms with Crippen LogP contribution in [0.1, 0.15) is 26.2 Å². The number of carboxylic acid groups (broad SMARTS) is 2. The lowest BCUT2D eigenvalue weighted by Crippen LogP contribution is -2.39. The normalized spacial score (nSPS) is 12.4. The zero-order valence-corrected chi connectivity index (χ0v) is 7.62. The molecular formula is C8H15NO4. The van der Waals surface area contributed by atoms with E-state index >= 15 is 0 Å². The summed E-state index contributed by atoms with van der Waals surface area (Å²) in [6.45, 7) is 1.65. The van der Waals surface area contributed by atoms with Crippen LogP contribution in [0.4, 0.5) is 0 Å². The molecular weight excluding hydrogens is 174 g/mol. The van der Waals surface area contributed by atoms with Gasteiger partial charge >= 0.3 is 11.9 Å². The zero-order chi connectivity index (χ0) is 10.3. The number of carboxylic acids is 2. The van der Waals surface area contributed by atoms with E-state index < -0.39 is 18.0 Å². The molecule has 13 heavy (non-hydrogen) atoms. The van der Waals surface area contributed by atoms with E-state index in [1.807, 2.05) is 6.92 Å². The van der Waals surface area contributed by atoms with E-state index in [4.69, 9.17) is 10.2 Å². The van der Waals surface area contributed by atoms with Gasteiger partial charge in [-0.05, 0) is 6.42 Å². The maximum Gasteiger partial charge on any atom is 0.320 e. The monoisotopic (exact) mass is 189 g/mol. The second-order valence-electron chi connectivity index (χ2n) is 2.81. The highest BCUT2D eigenvalue weighted by atomic mass is 16.4. The Kier molecular flexibility index (Phi) is 5.88. The van der Waals surface area contributed by atoms with Gasteiger partial charge in [-0.1, -0.05) is 19.8 Å². The lowest BCUT2D eigenvalue weighted by Gasteiger charge is -2.11. The molecule has 1 atom stereocenters. The highest BCUT2D eigenvalue weighted by Gasteiger charge is 2.16. The Labute approximate surface area is 76.8 Å². The maximum absolute atomic E-state index is 10.6. The highest BCUT2D eigenvalue weighted by Crippen LogP contribution is 2.00. The van der Waals surface area contributed by atoms with E-state index in [9.17, 15) is 9.59 Å². The van der Waals surface area contributed by atoms with Gasteiger partial charge in [0.1, 0.15) is 6.04 Å². The molecule has 0 rings (SSSR count). The van der Waals surface area contributed by atoms with Gasteiger partial charge in [0, 0.05) is 0 Å². The van der Waals surface area contributed by atoms with Crippen LogP contribution in [0.5, 0.6) is 0 Å². The number of hydrogen-bond acceptors (Lipinski definition) is 3. The van der Waals surface area contributed by atoms with Crippen molar-refractivity contribution in [3.05, 3.63) is 0 Å². The first-order valence-electron chi connectivity index (χ1n) is 4.26. The Hall–Kier alpha value is -1.10. The van der Waals surface area contributed by atoms with E-state index in [1.54, 1.807) is 0 Å². The third-order valence-electron chi connectivity index (χ3n) is 1.64. The summed E-state index contributed by atoms with van der Waals surface area (Å²) in [6.07, 6.45) is 2.15. The Morgan fingerprint density at radius 3 is 2.38 bits per heavy atom. The van der Waals surface area contributed by atoms with Crippen molar-refractivity contribution in [1.29, 1.82) is 0 Å². The molecule has 0 saturated heterocycles. The fourth-order valence-electron chi connectivity index (χ4n) is 0.932. The molecule has 0 aliphatic carbocycles. The first kappa shape index (κ1) is 11.9. The summed E-state index contributed by atoms with van der Waals surface area (Å²) in [5.41, 5.74) is 0. The Morgan fingerprint density at radius 1 is 1.38 bits per heavy atom. The number of hydrogen-bond donors (Lipinski definition) is 3. The summed E-state index contributed by atoms with van der Waals surface area (Å²) >= 11 is 0. The van der Waals surface area contributed by atoms with Gasteiger partial charge in [0.2, 0.25) is 0 Å². The van der Waals surface area contributed by atoms with Crippen molar-refractivity contribution in [3.8, 4) is 0 Å². The molecule has 0 amide bonds. The second kappa shape index (κ2) is 6.42. The molecule has 0 aliphatic heterocycles. The minimum absolute atomic E-state index is 0.305. The standard InChI is InChI=1S/C8H15NO4/c1-2-3-4-6(8(12)13)9-5-7(10)11/h6,9H,2-5H2,1H3,(H,10,11)(H,12,13). The molecule has 0 aromatic carbocycles. The molecule has 5 heteroatoms. The minimum atomic E-state index is -1.04. The molecule has 0 saturated carbocycles. The maximum atomic E-state index is 10.6. The third-order valence-corrected chi connectivity index (χ3v) is 1.64. The summed E-state index contributed by atoms with van der Waals surface area (Å²) in [5.74, 6) is -2.03. The van der Waals surface area contributed by atoms with Gasteiger partial charge in [-0.3, -0.25) is 14.9 Å². The van der Waals surface area contributed by atoms with Crippen LogP contribution >= 0.6 is 0 Å². The highest BCUT2D eigenvalue weighted by molar-refractivity contribution is 5.75. The van der Waals surface area contributed by atoms with Crippen LogP contribution in [-0.2, 0) is 9.59 Å². The first-order chi connectivity index (χ1) is 6.07. The van der Waals surface area contributed by atoms with Crippen LogP contribution < -0.4 is 5.32 Å². The van der Waals surface area contributed by atoms with Gasteiger partial charge in [0.05, 0.1) is 6.54 Å². The summed E-state index contributed by atoms with van der Waals surface area (Å²) in [5, 5.41) is 19.4. The smallest absolute Gasteiger partial charge is 0.320 e. The molecule has 5 nitrogen and oxygen atoms in total. The minimum Gasteiger partial charge on any atom is -0.480 e. The van der Waals surface area contributed by atoms with Gasteiger partial charge in [-0.25, -0.2) is 0 Å². The van der Waals surface area contributed by atoms with Gasteiger partial charge in [-0.15, -0.1) is 0 Å². The van der Waals surface area contributed by atoms with Gasteiger partial charge < -0.3 is 10.2 Å². The molecule has 0 bridgehead atoms. The van der Waals surface area contributed by atoms with Crippen molar-refractivity contribution in [1.82, 2.24) is 5.32 Å². The van der Waals surface area contributed by atoms with Gasteiger partial charge in [0.25, 0.3) is 0 Å². The summed E-state index contributed by atoms with van der Waals surface area (Å²) in [6, 6.07) is -0.740. The predicted octanol–water partition coefficient (Wildman–Crippen LogP) is 0.304. The third kappa shape index (κ3) is 6.10. The molecule has 3 N–H and O–H groups in total. The summed E-state index contributed by atoms with van der Waals surface area (Å²) in [4.78, 5) is 20.7. The van der Waals surface area contributed by atoms with Crippen molar-refractivity contribution >= 4 is 11.9 Å². The molecule has 0 fully saturated rings. The average molecular weight is 189 g/mol. The van der Waals surface area contributed by atoms with Crippen LogP contribution in [-0.4, -0.2) is 34.7 Å². The second-order valence-corrected chi connectivity index (χ2v) is 2.81. The van der Waals surface area contributed by atoms with Crippen LogP contribution in [0.3, 0.4) is 0 Å². The van der Waals surface area contributed by atoms with Gasteiger partial charge in [0.15, 0.2) is 0 Å². The van der Waals surface area contributed by atoms with Crippen molar-refractivity contribution in [2.75, 3.05) is 6.54 Å². The zero-order valence-electron chi connectivity index (χ0n) is 7.62. The number of aliphatic carboxylic acids is 2. The quantitative estimate of drug-likeness (QED) is 0.536. The van der Waals surface area contributed by atoms with Crippen molar-refractivity contribution in [2.24, 2.45) is 0 Å². The Balaban J connectivity index is 3.80. The molecule has 0 aromatic heterocycles. The van der Waals surface area contributed by atoms with Gasteiger partial charge in [-0.2, -0.15) is 0 Å². The van der Waals surface area contributed by atoms with Crippen LogP contribution in [0, 0.1) is 0 Å². The lowest BCUT2D eigenvalue weighted by molar-refractivity contribution is -0.140. The number of carbonyl (C=O) groups is 2. The van der Waals surface area contributed by atoms with E-state index in [1.165, 1.54) is 0 Å². The summed E-state index contributed by atoms with van der Waals surface area (Å²) in [7, 11) is 0. The first-order valence-corrected chi connectivity index (χ1v) is 4.26. The SMILES string of the molecule is CCCCC(NCC(=O)O)C(=O)O. The van der Waals surface area contributed by atoms with E-state index in [0.29, 0.717) is 6.42 Å². The van der Waals surface area contributed by atoms with Crippen LogP contribution in [0.25, 0.3) is 0 Å². The molecule has 0 aromatic rings. The molecule has 0 spiro atoms. The van der Waals surface area contributed by atoms with Crippen molar-refractivity contribution in [3.63, 3.8) is 0 Å². The largest absolute Gasteiger partial charge is 0.480 e.